The van der Waals surface area contributed by atoms with Crippen molar-refractivity contribution in [2.75, 3.05) is 33.5 Å². The predicted octanol–water partition coefficient (Wildman–Crippen LogP) is 15.8. The number of methoxy groups -OCH3 is 1. The molecule has 0 bridgehead atoms. The van der Waals surface area contributed by atoms with Gasteiger partial charge in [0.15, 0.2) is 43.3 Å². The van der Waals surface area contributed by atoms with Gasteiger partial charge < -0.3 is 94.7 Å². The first-order valence-corrected chi connectivity index (χ1v) is 45.3. The summed E-state index contributed by atoms with van der Waals surface area (Å²) in [5.41, 5.74) is 3.35. The van der Waals surface area contributed by atoms with E-state index in [2.05, 4.69) is 0 Å². The normalized spacial score (nSPS) is 23.7. The van der Waals surface area contributed by atoms with Crippen molar-refractivity contribution < 1.29 is 133 Å². The molecule has 4 aliphatic rings. The molecule has 0 N–H and O–H groups in total. The Labute approximate surface area is 796 Å². The minimum absolute atomic E-state index is 0.0147. The summed E-state index contributed by atoms with van der Waals surface area (Å²) >= 11 is 0. The Morgan fingerprint density at radius 3 is 0.819 bits per heavy atom. The van der Waals surface area contributed by atoms with Gasteiger partial charge in [0.1, 0.15) is 99.7 Å². The monoisotopic (exact) mass is 1870 g/mol. The quantitative estimate of drug-likeness (QED) is 0.0254. The van der Waals surface area contributed by atoms with E-state index >= 15 is 9.59 Å². The van der Waals surface area contributed by atoms with Gasteiger partial charge in [0.25, 0.3) is 0 Å². The van der Waals surface area contributed by atoms with Gasteiger partial charge in [0, 0.05) is 7.11 Å². The summed E-state index contributed by atoms with van der Waals surface area (Å²) in [5, 5.41) is 0. The largest absolute Gasteiger partial charge is 0.459 e. The van der Waals surface area contributed by atoms with Gasteiger partial charge >= 0.3 is 47.8 Å². The highest BCUT2D eigenvalue weighted by molar-refractivity contribution is 5.93. The second-order valence-electron chi connectivity index (χ2n) is 32.9. The number of carbonyl (C=O) groups is 8. The first-order valence-electron chi connectivity index (χ1n) is 45.3. The number of rotatable bonds is 41. The summed E-state index contributed by atoms with van der Waals surface area (Å²) in [4.78, 5) is 119. The van der Waals surface area contributed by atoms with Crippen LogP contribution < -0.4 is 0 Å². The topological polar surface area (TPSA) is 321 Å². The highest BCUT2D eigenvalue weighted by atomic mass is 16.8. The first-order chi connectivity index (χ1) is 67.6. The van der Waals surface area contributed by atoms with Gasteiger partial charge in [-0.05, 0) is 126 Å². The van der Waals surface area contributed by atoms with Crippen LogP contribution in [0.2, 0.25) is 0 Å². The average molecular weight is 1870 g/mol. The Kier molecular flexibility index (Phi) is 34.2. The molecule has 4 fully saturated rings. The van der Waals surface area contributed by atoms with Crippen LogP contribution in [0.4, 0.5) is 0 Å². The predicted molar refractivity (Wildman–Crippen MR) is 495 cm³/mol. The molecule has 0 saturated carbocycles. The second-order valence-corrected chi connectivity index (χ2v) is 32.9. The van der Waals surface area contributed by atoms with E-state index in [1.807, 2.05) is 66.7 Å². The molecule has 9 unspecified atom stereocenters. The summed E-state index contributed by atoms with van der Waals surface area (Å²) in [7, 11) is 1.43. The van der Waals surface area contributed by atoms with E-state index in [1.165, 1.54) is 67.8 Å². The molecule has 16 rings (SSSR count). The summed E-state index contributed by atoms with van der Waals surface area (Å²) in [5.74, 6) is -6.99. The number of ether oxygens (including phenoxy) is 20. The van der Waals surface area contributed by atoms with Crippen LogP contribution in [-0.2, 0) is 121 Å². The summed E-state index contributed by atoms with van der Waals surface area (Å²) in [6.07, 6.45) is -33.2. The lowest BCUT2D eigenvalue weighted by atomic mass is 9.96. The Balaban J connectivity index is 0.885. The van der Waals surface area contributed by atoms with Crippen LogP contribution in [0.15, 0.2) is 364 Å². The third-order valence-electron chi connectivity index (χ3n) is 23.5. The molecule has 4 saturated heterocycles. The van der Waals surface area contributed by atoms with Crippen LogP contribution in [0.3, 0.4) is 0 Å². The second kappa shape index (κ2) is 48.6. The molecule has 12 aromatic carbocycles. The maximum absolute atomic E-state index is 16.0. The Bertz CT molecular complexity index is 5860. The molecule has 0 aromatic heterocycles. The zero-order chi connectivity index (χ0) is 95.3. The fraction of sp³-hybridized carbons (Fsp3) is 0.273. The van der Waals surface area contributed by atoms with E-state index in [1.54, 1.807) is 244 Å². The van der Waals surface area contributed by atoms with Crippen LogP contribution in [-0.4, -0.2) is 204 Å². The van der Waals surface area contributed by atoms with Gasteiger partial charge in [-0.1, -0.05) is 267 Å². The van der Waals surface area contributed by atoms with E-state index in [4.69, 9.17) is 94.7 Å². The molecule has 20 atom stereocenters. The molecule has 28 heteroatoms. The van der Waals surface area contributed by atoms with Gasteiger partial charge in [-0.15, -0.1) is 0 Å². The highest BCUT2D eigenvalue weighted by Crippen LogP contribution is 2.43. The standard InChI is InChI=1S/C110H102O28/c1-71-88(133-106(117)82-59-35-13-36-60-82)94(91(128-71)86(129-104(115)80-55-31-11-32-56-80)69-126-102(113)78-51-27-9-28-52-78)136-109-98(123-66-75-45-21-6-22-46-75)95(90(121-64-73-41-17-4-18-42-73)85(132-109)68-125-101(112)77-49-25-8-26-50-77)137-110-99(134-107(118)83-61-37-14-38-62-83)96(92(135-110)87(130-105(116)81-57-33-12-34-58-81)70-127-103(114)79-53-29-10-30-54-79)138-108-97(122-65-74-43-19-5-20-44-74)93(119-2)89(120-63-72-39-15-3-16-40-72)84(131-108)67-124-100(111)76-47-23-7-24-48-76/h3-62,71,84-99,108-110H,63-70H2,1-2H3/t71-,84?,85?,86+,87+,88?,89-,90-,91-,92-,93?,94?,95-,96?,97?,98?,99?,108+,109+,110-/m0/s1. The van der Waals surface area contributed by atoms with Crippen molar-refractivity contribution in [2.24, 2.45) is 0 Å². The lowest BCUT2D eigenvalue weighted by Crippen LogP contribution is -2.64. The Morgan fingerprint density at radius 2 is 0.493 bits per heavy atom. The zero-order valence-corrected chi connectivity index (χ0v) is 75.3. The molecule has 710 valence electrons. The van der Waals surface area contributed by atoms with Crippen molar-refractivity contribution in [3.8, 4) is 0 Å². The molecule has 0 aliphatic carbocycles. The maximum Gasteiger partial charge on any atom is 0.338 e. The van der Waals surface area contributed by atoms with Crippen molar-refractivity contribution in [3.05, 3.63) is 431 Å². The van der Waals surface area contributed by atoms with Gasteiger partial charge in [-0.2, -0.15) is 0 Å². The third-order valence-corrected chi connectivity index (χ3v) is 23.5. The van der Waals surface area contributed by atoms with E-state index < -0.39 is 197 Å². The first kappa shape index (κ1) is 97.0. The van der Waals surface area contributed by atoms with Crippen molar-refractivity contribution in [1.29, 1.82) is 0 Å². The molecule has 0 radical (unpaired) electrons. The lowest BCUT2D eigenvalue weighted by molar-refractivity contribution is -0.356. The van der Waals surface area contributed by atoms with Gasteiger partial charge in [0.2, 0.25) is 0 Å². The van der Waals surface area contributed by atoms with Crippen LogP contribution in [0.25, 0.3) is 0 Å². The fourth-order valence-corrected chi connectivity index (χ4v) is 16.5. The van der Waals surface area contributed by atoms with Gasteiger partial charge in [-0.25, -0.2) is 38.4 Å². The summed E-state index contributed by atoms with van der Waals surface area (Å²) in [6, 6.07) is 101. The van der Waals surface area contributed by atoms with Crippen molar-refractivity contribution in [2.45, 2.75) is 156 Å². The highest BCUT2D eigenvalue weighted by Gasteiger charge is 2.62. The molecular weight excluding hydrogens is 1770 g/mol. The Morgan fingerprint density at radius 1 is 0.246 bits per heavy atom. The minimum Gasteiger partial charge on any atom is -0.459 e. The number of benzene rings is 12. The molecular formula is C110H102O28. The maximum atomic E-state index is 16.0. The smallest absolute Gasteiger partial charge is 0.338 e. The van der Waals surface area contributed by atoms with E-state index in [0.29, 0.717) is 16.7 Å². The number of carbonyl (C=O) groups excluding carboxylic acids is 8. The van der Waals surface area contributed by atoms with Crippen LogP contribution in [0.5, 0.6) is 0 Å². The lowest BCUT2D eigenvalue weighted by Gasteiger charge is -2.47. The minimum atomic E-state index is -2.12. The SMILES string of the molecule is COC1C(OCc2ccccc2)[C@@H](OC2C(OC(=O)c3ccccc3)[C@H](O[C@@H]3C(OCc4ccccc4)[C@@H](OC4C(OC(=O)c5ccccc5)[C@H](C)O[C@H]4[C@@H](COC(=O)c4ccccc4)OC(=O)c4ccccc4)OC(COC(=O)c4ccccc4)[C@@H]3OCc3ccccc3)O[C@H]2[C@@H](COC(=O)c2ccccc2)OC(=O)c2ccccc2)OC(COC(=O)c2ccccc2)[C@@H]1OCc1ccccc1. The molecule has 4 heterocycles. The van der Waals surface area contributed by atoms with Gasteiger partial charge in [-0.3, -0.25) is 0 Å². The third kappa shape index (κ3) is 25.6. The van der Waals surface area contributed by atoms with Crippen LogP contribution in [0, 0.1) is 0 Å². The van der Waals surface area contributed by atoms with Crippen molar-refractivity contribution >= 4 is 47.8 Å². The summed E-state index contributed by atoms with van der Waals surface area (Å²) in [6.45, 7) is -1.91. The molecule has 4 aliphatic heterocycles. The van der Waals surface area contributed by atoms with Crippen molar-refractivity contribution in [1.82, 2.24) is 0 Å². The van der Waals surface area contributed by atoms with Crippen LogP contribution >= 0.6 is 0 Å². The molecule has 0 spiro atoms. The van der Waals surface area contributed by atoms with Gasteiger partial charge in [0.05, 0.1) is 77.0 Å². The number of hydrogen-bond donors (Lipinski definition) is 0. The fourth-order valence-electron chi connectivity index (χ4n) is 16.5. The van der Waals surface area contributed by atoms with Crippen molar-refractivity contribution in [3.63, 3.8) is 0 Å². The number of hydrogen-bond acceptors (Lipinski definition) is 28. The van der Waals surface area contributed by atoms with E-state index in [9.17, 15) is 28.8 Å². The molecule has 12 aromatic rings. The average Bonchev–Trinajstić information content (AvgIpc) is 1.62. The zero-order valence-electron chi connectivity index (χ0n) is 75.3. The van der Waals surface area contributed by atoms with E-state index in [0.717, 1.165) is 5.56 Å². The number of esters is 8. The molecule has 0 amide bonds. The Hall–Kier alpha value is -14.1. The summed E-state index contributed by atoms with van der Waals surface area (Å²) < 4.78 is 139. The molecule has 138 heavy (non-hydrogen) atoms. The molecule has 28 nitrogen and oxygen atoms in total. The van der Waals surface area contributed by atoms with Crippen LogP contribution in [0.1, 0.15) is 112 Å². The van der Waals surface area contributed by atoms with E-state index in [-0.39, 0.29) is 70.9 Å².